The topological polar surface area (TPSA) is 83.6 Å². The number of carboxylic acids is 1. The van der Waals surface area contributed by atoms with Crippen LogP contribution in [0.15, 0.2) is 16.9 Å². The molecule has 0 fully saturated rings. The summed E-state index contributed by atoms with van der Waals surface area (Å²) in [6.45, 7) is 3.48. The minimum atomic E-state index is -1.03. The summed E-state index contributed by atoms with van der Waals surface area (Å²) in [5.41, 5.74) is 0.106. The van der Waals surface area contributed by atoms with Crippen molar-refractivity contribution in [2.75, 3.05) is 7.05 Å². The van der Waals surface area contributed by atoms with E-state index < -0.39 is 17.9 Å². The van der Waals surface area contributed by atoms with Gasteiger partial charge in [0.15, 0.2) is 5.69 Å². The van der Waals surface area contributed by atoms with Crippen LogP contribution in [0.3, 0.4) is 0 Å². The van der Waals surface area contributed by atoms with E-state index in [1.807, 2.05) is 0 Å². The smallest absolute Gasteiger partial charge is 0.326 e. The largest absolute Gasteiger partial charge is 0.480 e. The quantitative estimate of drug-likeness (QED) is 0.823. The number of likely N-dealkylation sites (N-methyl/N-ethyl adjacent to an activating group) is 1. The van der Waals surface area contributed by atoms with Crippen molar-refractivity contribution in [3.63, 3.8) is 0 Å². The van der Waals surface area contributed by atoms with E-state index >= 15 is 0 Å². The fraction of sp³-hybridized carbons (Fsp3) is 0.500. The Hall–Kier alpha value is -1.85. The first-order valence-corrected chi connectivity index (χ1v) is 4.85. The molecule has 1 rings (SSSR count). The molecule has 1 N–H and O–H groups in total. The first-order valence-electron chi connectivity index (χ1n) is 4.85. The number of carboxylic acid groups (broad SMARTS) is 1. The van der Waals surface area contributed by atoms with Crippen LogP contribution in [0.1, 0.15) is 24.3 Å². The summed E-state index contributed by atoms with van der Waals surface area (Å²) in [6.07, 6.45) is 1.27. The highest BCUT2D eigenvalue weighted by Gasteiger charge is 2.30. The maximum atomic E-state index is 11.8. The molecule has 16 heavy (non-hydrogen) atoms. The van der Waals surface area contributed by atoms with Crippen molar-refractivity contribution in [1.82, 2.24) is 10.1 Å². The summed E-state index contributed by atoms with van der Waals surface area (Å²) < 4.78 is 4.54. The van der Waals surface area contributed by atoms with E-state index in [0.29, 0.717) is 0 Å². The van der Waals surface area contributed by atoms with Gasteiger partial charge in [-0.1, -0.05) is 19.0 Å². The monoisotopic (exact) mass is 226 g/mol. The van der Waals surface area contributed by atoms with Gasteiger partial charge < -0.3 is 14.5 Å². The molecule has 0 saturated carbocycles. The third-order valence-corrected chi connectivity index (χ3v) is 2.28. The third kappa shape index (κ3) is 2.39. The number of aromatic nitrogens is 1. The second kappa shape index (κ2) is 4.78. The van der Waals surface area contributed by atoms with Crippen LogP contribution in [0.2, 0.25) is 0 Å². The molecule has 0 saturated heterocycles. The molecule has 0 aliphatic rings. The summed E-state index contributed by atoms with van der Waals surface area (Å²) in [5, 5.41) is 12.5. The van der Waals surface area contributed by atoms with Crippen molar-refractivity contribution in [2.24, 2.45) is 5.92 Å². The number of hydrogen-bond acceptors (Lipinski definition) is 4. The van der Waals surface area contributed by atoms with Crippen molar-refractivity contribution in [3.05, 3.63) is 18.0 Å². The predicted octanol–water partition coefficient (Wildman–Crippen LogP) is 0.856. The van der Waals surface area contributed by atoms with E-state index in [4.69, 9.17) is 5.11 Å². The minimum Gasteiger partial charge on any atom is -0.480 e. The van der Waals surface area contributed by atoms with Crippen molar-refractivity contribution in [3.8, 4) is 0 Å². The zero-order chi connectivity index (χ0) is 12.3. The van der Waals surface area contributed by atoms with Gasteiger partial charge in [-0.25, -0.2) is 4.79 Å². The van der Waals surface area contributed by atoms with Crippen molar-refractivity contribution < 1.29 is 19.2 Å². The standard InChI is InChI=1S/C10H14N2O4/c1-6(2)8(10(14)15)12(3)9(13)7-4-5-16-11-7/h4-6,8H,1-3H3,(H,14,15). The van der Waals surface area contributed by atoms with Crippen LogP contribution < -0.4 is 0 Å². The Morgan fingerprint density at radius 2 is 2.12 bits per heavy atom. The van der Waals surface area contributed by atoms with Gasteiger partial charge in [0.05, 0.1) is 0 Å². The Labute approximate surface area is 92.8 Å². The molecule has 6 heteroatoms. The van der Waals surface area contributed by atoms with E-state index in [0.717, 1.165) is 4.90 Å². The van der Waals surface area contributed by atoms with Gasteiger partial charge >= 0.3 is 5.97 Å². The van der Waals surface area contributed by atoms with Crippen LogP contribution in [0.4, 0.5) is 0 Å². The van der Waals surface area contributed by atoms with Crippen molar-refractivity contribution in [2.45, 2.75) is 19.9 Å². The van der Waals surface area contributed by atoms with Crippen LogP contribution >= 0.6 is 0 Å². The fourth-order valence-corrected chi connectivity index (χ4v) is 1.53. The second-order valence-corrected chi connectivity index (χ2v) is 3.83. The molecule has 0 spiro atoms. The lowest BCUT2D eigenvalue weighted by atomic mass is 10.0. The maximum absolute atomic E-state index is 11.8. The van der Waals surface area contributed by atoms with Gasteiger partial charge in [-0.3, -0.25) is 4.79 Å². The summed E-state index contributed by atoms with van der Waals surface area (Å²) in [7, 11) is 1.44. The number of aliphatic carboxylic acids is 1. The van der Waals surface area contributed by atoms with Crippen molar-refractivity contribution >= 4 is 11.9 Å². The number of carbonyl (C=O) groups is 2. The van der Waals surface area contributed by atoms with Crippen molar-refractivity contribution in [1.29, 1.82) is 0 Å². The van der Waals surface area contributed by atoms with Crippen LogP contribution in [0.5, 0.6) is 0 Å². The molecule has 0 bridgehead atoms. The molecule has 6 nitrogen and oxygen atoms in total. The predicted molar refractivity (Wildman–Crippen MR) is 54.9 cm³/mol. The summed E-state index contributed by atoms with van der Waals surface area (Å²) in [5.74, 6) is -1.68. The van der Waals surface area contributed by atoms with Gasteiger partial charge in [0.25, 0.3) is 5.91 Å². The van der Waals surface area contributed by atoms with Crippen LogP contribution in [0.25, 0.3) is 0 Å². The lowest BCUT2D eigenvalue weighted by molar-refractivity contribution is -0.143. The molecule has 88 valence electrons. The minimum absolute atomic E-state index is 0.106. The molecule has 1 aromatic heterocycles. The highest BCUT2D eigenvalue weighted by atomic mass is 16.5. The fourth-order valence-electron chi connectivity index (χ4n) is 1.53. The molecule has 0 radical (unpaired) electrons. The molecular formula is C10H14N2O4. The van der Waals surface area contributed by atoms with Crippen LogP contribution in [0, 0.1) is 5.92 Å². The molecule has 0 aromatic carbocycles. The molecule has 1 aromatic rings. The lowest BCUT2D eigenvalue weighted by Gasteiger charge is -2.26. The Balaban J connectivity index is 2.87. The Bertz CT molecular complexity index is 372. The lowest BCUT2D eigenvalue weighted by Crippen LogP contribution is -2.45. The highest BCUT2D eigenvalue weighted by Crippen LogP contribution is 2.12. The second-order valence-electron chi connectivity index (χ2n) is 3.83. The van der Waals surface area contributed by atoms with Gasteiger partial charge in [-0.05, 0) is 5.92 Å². The molecule has 1 heterocycles. The van der Waals surface area contributed by atoms with Crippen LogP contribution in [-0.2, 0) is 4.79 Å². The Morgan fingerprint density at radius 1 is 1.50 bits per heavy atom. The number of carbonyl (C=O) groups excluding carboxylic acids is 1. The normalized spacial score (nSPS) is 12.5. The van der Waals surface area contributed by atoms with E-state index in [1.165, 1.54) is 19.4 Å². The van der Waals surface area contributed by atoms with E-state index in [1.54, 1.807) is 13.8 Å². The molecule has 0 aliphatic heterocycles. The zero-order valence-electron chi connectivity index (χ0n) is 9.38. The van der Waals surface area contributed by atoms with Gasteiger partial charge in [0, 0.05) is 13.1 Å². The third-order valence-electron chi connectivity index (χ3n) is 2.28. The number of rotatable bonds is 4. The zero-order valence-corrected chi connectivity index (χ0v) is 9.38. The Morgan fingerprint density at radius 3 is 2.50 bits per heavy atom. The van der Waals surface area contributed by atoms with E-state index in [2.05, 4.69) is 9.68 Å². The van der Waals surface area contributed by atoms with Gasteiger partial charge in [0.2, 0.25) is 0 Å². The van der Waals surface area contributed by atoms with E-state index in [-0.39, 0.29) is 11.6 Å². The molecule has 1 amide bonds. The average Bonchev–Trinajstić information content (AvgIpc) is 2.67. The molecule has 0 aliphatic carbocycles. The number of nitrogens with zero attached hydrogens (tertiary/aromatic N) is 2. The maximum Gasteiger partial charge on any atom is 0.326 e. The van der Waals surface area contributed by atoms with Gasteiger partial charge in [0.1, 0.15) is 12.3 Å². The SMILES string of the molecule is CC(C)C(C(=O)O)N(C)C(=O)c1ccon1. The summed E-state index contributed by atoms with van der Waals surface area (Å²) in [6, 6.07) is 0.530. The molecule has 1 unspecified atom stereocenters. The van der Waals surface area contributed by atoms with Gasteiger partial charge in [-0.2, -0.15) is 0 Å². The summed E-state index contributed by atoms with van der Waals surface area (Å²) >= 11 is 0. The number of hydrogen-bond donors (Lipinski definition) is 1. The summed E-state index contributed by atoms with van der Waals surface area (Å²) in [4.78, 5) is 24.0. The van der Waals surface area contributed by atoms with Crippen LogP contribution in [-0.4, -0.2) is 40.1 Å². The Kier molecular flexibility index (Phi) is 3.65. The first kappa shape index (κ1) is 12.2. The van der Waals surface area contributed by atoms with E-state index in [9.17, 15) is 9.59 Å². The average molecular weight is 226 g/mol. The molecular weight excluding hydrogens is 212 g/mol. The number of amides is 1. The van der Waals surface area contributed by atoms with Gasteiger partial charge in [-0.15, -0.1) is 0 Å². The molecule has 1 atom stereocenters. The first-order chi connectivity index (χ1) is 7.45. The highest BCUT2D eigenvalue weighted by molar-refractivity contribution is 5.94.